The van der Waals surface area contributed by atoms with E-state index in [1.54, 1.807) is 0 Å². The molecular weight excluding hydrogens is 218 g/mol. The highest BCUT2D eigenvalue weighted by Crippen LogP contribution is 2.33. The van der Waals surface area contributed by atoms with Crippen LogP contribution in [0.4, 0.5) is 0 Å². The summed E-state index contributed by atoms with van der Waals surface area (Å²) in [5, 5.41) is 3.82. The minimum atomic E-state index is 0.305. The van der Waals surface area contributed by atoms with Gasteiger partial charge in [0.05, 0.1) is 0 Å². The molecule has 0 radical (unpaired) electrons. The SMILES string of the molecule is C=C(C)CC1(NCc2ccccc2)CCCCC1. The monoisotopic (exact) mass is 243 g/mol. The Bertz CT molecular complexity index is 374. The fraction of sp³-hybridized carbons (Fsp3) is 0.529. The predicted molar refractivity (Wildman–Crippen MR) is 78.5 cm³/mol. The molecule has 0 bridgehead atoms. The quantitative estimate of drug-likeness (QED) is 0.754. The molecule has 0 aromatic heterocycles. The summed E-state index contributed by atoms with van der Waals surface area (Å²) in [6, 6.07) is 10.7. The van der Waals surface area contributed by atoms with Gasteiger partial charge < -0.3 is 5.32 Å². The van der Waals surface area contributed by atoms with E-state index in [-0.39, 0.29) is 0 Å². The van der Waals surface area contributed by atoms with Gasteiger partial charge in [0.25, 0.3) is 0 Å². The van der Waals surface area contributed by atoms with Crippen LogP contribution in [0.3, 0.4) is 0 Å². The molecule has 0 unspecified atom stereocenters. The summed E-state index contributed by atoms with van der Waals surface area (Å²) in [5.74, 6) is 0. The summed E-state index contributed by atoms with van der Waals surface area (Å²) >= 11 is 0. The maximum atomic E-state index is 4.11. The van der Waals surface area contributed by atoms with Crippen molar-refractivity contribution in [2.45, 2.75) is 57.5 Å². The molecule has 0 heterocycles. The Balaban J connectivity index is 1.99. The van der Waals surface area contributed by atoms with Crippen molar-refractivity contribution in [3.8, 4) is 0 Å². The Morgan fingerprint density at radius 2 is 1.83 bits per heavy atom. The van der Waals surface area contributed by atoms with Crippen molar-refractivity contribution < 1.29 is 0 Å². The van der Waals surface area contributed by atoms with Gasteiger partial charge in [0.15, 0.2) is 0 Å². The molecule has 0 amide bonds. The first-order valence-corrected chi connectivity index (χ1v) is 7.14. The van der Waals surface area contributed by atoms with E-state index in [9.17, 15) is 0 Å². The van der Waals surface area contributed by atoms with Crippen LogP contribution in [0.5, 0.6) is 0 Å². The second-order valence-electron chi connectivity index (χ2n) is 5.81. The van der Waals surface area contributed by atoms with E-state index in [2.05, 4.69) is 49.2 Å². The summed E-state index contributed by atoms with van der Waals surface area (Å²) in [5.41, 5.74) is 2.99. The molecule has 2 rings (SSSR count). The zero-order valence-electron chi connectivity index (χ0n) is 11.5. The first-order chi connectivity index (χ1) is 8.70. The average Bonchev–Trinajstić information content (AvgIpc) is 2.38. The van der Waals surface area contributed by atoms with E-state index >= 15 is 0 Å². The number of hydrogen-bond donors (Lipinski definition) is 1. The number of benzene rings is 1. The first-order valence-electron chi connectivity index (χ1n) is 7.14. The van der Waals surface area contributed by atoms with Gasteiger partial charge in [0.2, 0.25) is 0 Å². The molecule has 1 aromatic rings. The maximum Gasteiger partial charge on any atom is 0.0221 e. The van der Waals surface area contributed by atoms with Crippen LogP contribution in [0, 0.1) is 0 Å². The van der Waals surface area contributed by atoms with E-state index in [0.29, 0.717) is 5.54 Å². The Labute approximate surface area is 111 Å². The zero-order chi connectivity index (χ0) is 12.8. The van der Waals surface area contributed by atoms with Crippen LogP contribution >= 0.6 is 0 Å². The molecule has 1 N–H and O–H groups in total. The summed E-state index contributed by atoms with van der Waals surface area (Å²) in [4.78, 5) is 0. The molecule has 0 atom stereocenters. The van der Waals surface area contributed by atoms with E-state index in [1.165, 1.54) is 43.2 Å². The highest BCUT2D eigenvalue weighted by molar-refractivity contribution is 5.15. The fourth-order valence-corrected chi connectivity index (χ4v) is 3.11. The lowest BCUT2D eigenvalue weighted by Gasteiger charge is -2.39. The van der Waals surface area contributed by atoms with E-state index in [4.69, 9.17) is 0 Å². The van der Waals surface area contributed by atoms with Crippen molar-refractivity contribution >= 4 is 0 Å². The smallest absolute Gasteiger partial charge is 0.0221 e. The lowest BCUT2D eigenvalue weighted by molar-refractivity contribution is 0.227. The third kappa shape index (κ3) is 3.71. The Morgan fingerprint density at radius 3 is 2.44 bits per heavy atom. The normalized spacial score (nSPS) is 18.5. The molecule has 1 aromatic carbocycles. The first kappa shape index (κ1) is 13.4. The number of nitrogens with one attached hydrogen (secondary N) is 1. The third-order valence-corrected chi connectivity index (χ3v) is 3.96. The second kappa shape index (κ2) is 6.19. The Morgan fingerprint density at radius 1 is 1.17 bits per heavy atom. The molecule has 0 spiro atoms. The summed E-state index contributed by atoms with van der Waals surface area (Å²) in [7, 11) is 0. The molecule has 1 heteroatoms. The van der Waals surface area contributed by atoms with Crippen LogP contribution in [0.2, 0.25) is 0 Å². The summed E-state index contributed by atoms with van der Waals surface area (Å²) in [6.07, 6.45) is 7.83. The van der Waals surface area contributed by atoms with Crippen molar-refractivity contribution in [2.75, 3.05) is 0 Å². The highest BCUT2D eigenvalue weighted by atomic mass is 15.0. The van der Waals surface area contributed by atoms with Gasteiger partial charge in [-0.2, -0.15) is 0 Å². The van der Waals surface area contributed by atoms with Crippen molar-refractivity contribution in [1.82, 2.24) is 5.32 Å². The van der Waals surface area contributed by atoms with Crippen LogP contribution in [0.15, 0.2) is 42.5 Å². The van der Waals surface area contributed by atoms with Gasteiger partial charge in [0.1, 0.15) is 0 Å². The lowest BCUT2D eigenvalue weighted by Crippen LogP contribution is -2.46. The van der Waals surface area contributed by atoms with Gasteiger partial charge in [-0.3, -0.25) is 0 Å². The van der Waals surface area contributed by atoms with Crippen LogP contribution < -0.4 is 5.32 Å². The highest BCUT2D eigenvalue weighted by Gasteiger charge is 2.31. The lowest BCUT2D eigenvalue weighted by atomic mass is 9.77. The predicted octanol–water partition coefficient (Wildman–Crippen LogP) is 4.45. The Kier molecular flexibility index (Phi) is 4.60. The molecule has 0 aliphatic heterocycles. The average molecular weight is 243 g/mol. The van der Waals surface area contributed by atoms with E-state index in [1.807, 2.05) is 0 Å². The Hall–Kier alpha value is -1.08. The molecule has 1 saturated carbocycles. The van der Waals surface area contributed by atoms with Crippen LogP contribution in [0.1, 0.15) is 51.0 Å². The largest absolute Gasteiger partial charge is 0.307 e. The van der Waals surface area contributed by atoms with Crippen molar-refractivity contribution in [3.63, 3.8) is 0 Å². The third-order valence-electron chi connectivity index (χ3n) is 3.96. The van der Waals surface area contributed by atoms with Crippen LogP contribution in [-0.2, 0) is 6.54 Å². The topological polar surface area (TPSA) is 12.0 Å². The molecule has 0 saturated heterocycles. The minimum Gasteiger partial charge on any atom is -0.307 e. The van der Waals surface area contributed by atoms with Gasteiger partial charge in [-0.05, 0) is 31.7 Å². The molecular formula is C17H25N. The molecule has 1 fully saturated rings. The van der Waals surface area contributed by atoms with Gasteiger partial charge in [-0.1, -0.05) is 55.2 Å². The van der Waals surface area contributed by atoms with Crippen molar-refractivity contribution in [1.29, 1.82) is 0 Å². The maximum absolute atomic E-state index is 4.11. The fourth-order valence-electron chi connectivity index (χ4n) is 3.11. The second-order valence-corrected chi connectivity index (χ2v) is 5.81. The molecule has 18 heavy (non-hydrogen) atoms. The molecule has 1 aliphatic carbocycles. The standard InChI is InChI=1S/C17H25N/c1-15(2)13-17(11-7-4-8-12-17)18-14-16-9-5-3-6-10-16/h3,5-6,9-10,18H,1,4,7-8,11-14H2,2H3. The summed E-state index contributed by atoms with van der Waals surface area (Å²) < 4.78 is 0. The minimum absolute atomic E-state index is 0.305. The molecule has 1 aliphatic rings. The van der Waals surface area contributed by atoms with Crippen LogP contribution in [0.25, 0.3) is 0 Å². The zero-order valence-corrected chi connectivity index (χ0v) is 11.5. The van der Waals surface area contributed by atoms with Gasteiger partial charge in [-0.25, -0.2) is 0 Å². The number of rotatable bonds is 5. The molecule has 98 valence electrons. The molecule has 1 nitrogen and oxygen atoms in total. The van der Waals surface area contributed by atoms with Crippen molar-refractivity contribution in [2.24, 2.45) is 0 Å². The van der Waals surface area contributed by atoms with E-state index in [0.717, 1.165) is 13.0 Å². The van der Waals surface area contributed by atoms with Gasteiger partial charge in [-0.15, -0.1) is 6.58 Å². The summed E-state index contributed by atoms with van der Waals surface area (Å²) in [6.45, 7) is 7.24. The number of hydrogen-bond acceptors (Lipinski definition) is 1. The van der Waals surface area contributed by atoms with Crippen LogP contribution in [-0.4, -0.2) is 5.54 Å². The van der Waals surface area contributed by atoms with Gasteiger partial charge >= 0.3 is 0 Å². The van der Waals surface area contributed by atoms with Crippen molar-refractivity contribution in [3.05, 3.63) is 48.0 Å². The van der Waals surface area contributed by atoms with E-state index < -0.39 is 0 Å². The van der Waals surface area contributed by atoms with Gasteiger partial charge in [0, 0.05) is 12.1 Å².